The molecule has 2 heteroatoms. The summed E-state index contributed by atoms with van der Waals surface area (Å²) in [5.41, 5.74) is 0.806. The molecule has 0 unspecified atom stereocenters. The molecule has 0 heterocycles. The van der Waals surface area contributed by atoms with Crippen molar-refractivity contribution in [2.45, 2.75) is 11.2 Å². The number of hydrogen-bond donors (Lipinski definition) is 0. The summed E-state index contributed by atoms with van der Waals surface area (Å²) in [6.07, 6.45) is 0. The highest BCUT2D eigenvalue weighted by molar-refractivity contribution is 5.59. The van der Waals surface area contributed by atoms with Gasteiger partial charge in [0.15, 0.2) is 0 Å². The second-order valence-corrected chi connectivity index (χ2v) is 5.27. The van der Waals surface area contributed by atoms with E-state index in [0.717, 1.165) is 35.5 Å². The van der Waals surface area contributed by atoms with Crippen LogP contribution >= 0.6 is 0 Å². The van der Waals surface area contributed by atoms with Crippen molar-refractivity contribution in [1.29, 1.82) is 0 Å². The van der Waals surface area contributed by atoms with E-state index < -0.39 is 0 Å². The molecule has 2 nitrogen and oxygen atoms in total. The molecule has 64 valence electrons. The summed E-state index contributed by atoms with van der Waals surface area (Å²) < 4.78 is 11.4. The van der Waals surface area contributed by atoms with Crippen LogP contribution in [0, 0.1) is 35.5 Å². The van der Waals surface area contributed by atoms with Crippen molar-refractivity contribution in [3.05, 3.63) is 0 Å². The van der Waals surface area contributed by atoms with Gasteiger partial charge in [-0.1, -0.05) is 0 Å². The fourth-order valence-electron chi connectivity index (χ4n) is 6.15. The Hall–Kier alpha value is -0.0800. The largest absolute Gasteiger partial charge is 0.377 e. The minimum Gasteiger partial charge on any atom is -0.377 e. The number of hydrogen-bond acceptors (Lipinski definition) is 2. The predicted molar refractivity (Wildman–Crippen MR) is 40.4 cm³/mol. The molecule has 0 aromatic carbocycles. The van der Waals surface area contributed by atoms with Crippen LogP contribution in [-0.4, -0.2) is 25.4 Å². The molecule has 6 aliphatic carbocycles. The molecule has 6 aliphatic rings. The van der Waals surface area contributed by atoms with Crippen molar-refractivity contribution in [2.75, 3.05) is 14.2 Å². The third kappa shape index (κ3) is 0.182. The lowest BCUT2D eigenvalue weighted by Gasteiger charge is -3.09. The molecule has 0 saturated heterocycles. The summed E-state index contributed by atoms with van der Waals surface area (Å²) in [4.78, 5) is 0. The van der Waals surface area contributed by atoms with E-state index in [2.05, 4.69) is 0 Å². The Kier molecular flexibility index (Phi) is 0.493. The van der Waals surface area contributed by atoms with E-state index in [1.807, 2.05) is 14.2 Å². The molecule has 0 radical (unpaired) electrons. The van der Waals surface area contributed by atoms with E-state index in [4.69, 9.17) is 9.47 Å². The summed E-state index contributed by atoms with van der Waals surface area (Å²) in [6.45, 7) is 0. The zero-order valence-corrected chi connectivity index (χ0v) is 7.28. The van der Waals surface area contributed by atoms with E-state index in [-0.39, 0.29) is 0 Å². The lowest BCUT2D eigenvalue weighted by Crippen LogP contribution is -3.16. The molecule has 0 amide bonds. The lowest BCUT2D eigenvalue weighted by molar-refractivity contribution is -0.669. The van der Waals surface area contributed by atoms with Crippen molar-refractivity contribution in [2.24, 2.45) is 35.5 Å². The molecule has 0 bridgehead atoms. The molecule has 0 N–H and O–H groups in total. The van der Waals surface area contributed by atoms with Crippen LogP contribution in [-0.2, 0) is 9.47 Å². The van der Waals surface area contributed by atoms with Crippen molar-refractivity contribution >= 4 is 0 Å². The molecule has 6 fully saturated rings. The maximum atomic E-state index is 5.69. The van der Waals surface area contributed by atoms with E-state index in [0.29, 0.717) is 11.2 Å². The molecule has 0 aromatic heterocycles. The monoisotopic (exact) mass is 164 g/mol. The SMILES string of the molecule is COC12C3C4C1C1C2C3C41OC. The van der Waals surface area contributed by atoms with Gasteiger partial charge in [-0.25, -0.2) is 0 Å². The first-order valence-corrected chi connectivity index (χ1v) is 4.96. The molecule has 6 saturated carbocycles. The first-order chi connectivity index (χ1) is 5.85. The van der Waals surface area contributed by atoms with E-state index in [1.54, 1.807) is 0 Å². The maximum Gasteiger partial charge on any atom is 0.0785 e. The van der Waals surface area contributed by atoms with Crippen LogP contribution in [0.4, 0.5) is 0 Å². The van der Waals surface area contributed by atoms with Crippen molar-refractivity contribution in [3.63, 3.8) is 0 Å². The molecule has 12 heavy (non-hydrogen) atoms. The summed E-state index contributed by atoms with van der Waals surface area (Å²) in [6, 6.07) is 0. The van der Waals surface area contributed by atoms with Gasteiger partial charge in [0.25, 0.3) is 0 Å². The van der Waals surface area contributed by atoms with Crippen LogP contribution in [0.2, 0.25) is 0 Å². The van der Waals surface area contributed by atoms with Gasteiger partial charge in [-0.05, 0) is 0 Å². The Morgan fingerprint density at radius 2 is 0.917 bits per heavy atom. The summed E-state index contributed by atoms with van der Waals surface area (Å²) in [5, 5.41) is 0. The zero-order valence-electron chi connectivity index (χ0n) is 7.28. The van der Waals surface area contributed by atoms with Crippen LogP contribution in [0.3, 0.4) is 0 Å². The van der Waals surface area contributed by atoms with Crippen LogP contribution in [0.5, 0.6) is 0 Å². The first kappa shape index (κ1) is 5.61. The summed E-state index contributed by atoms with van der Waals surface area (Å²) in [7, 11) is 3.81. The van der Waals surface area contributed by atoms with Crippen LogP contribution < -0.4 is 0 Å². The van der Waals surface area contributed by atoms with Crippen molar-refractivity contribution in [1.82, 2.24) is 0 Å². The van der Waals surface area contributed by atoms with Gasteiger partial charge in [0.1, 0.15) is 0 Å². The summed E-state index contributed by atoms with van der Waals surface area (Å²) >= 11 is 0. The Morgan fingerprint density at radius 1 is 0.667 bits per heavy atom. The molecule has 0 aliphatic heterocycles. The van der Waals surface area contributed by atoms with Crippen LogP contribution in [0.25, 0.3) is 0 Å². The molecule has 0 aromatic rings. The van der Waals surface area contributed by atoms with Gasteiger partial charge >= 0.3 is 0 Å². The van der Waals surface area contributed by atoms with E-state index >= 15 is 0 Å². The second-order valence-electron chi connectivity index (χ2n) is 5.27. The second kappa shape index (κ2) is 1.05. The molecule has 0 spiro atoms. The number of methoxy groups -OCH3 is 2. The normalized spacial score (nSPS) is 88.5. The molecule has 0 atom stereocenters. The maximum absolute atomic E-state index is 5.69. The minimum absolute atomic E-state index is 0.403. The molecule has 6 rings (SSSR count). The highest BCUT2D eigenvalue weighted by Crippen LogP contribution is 3.04. The molecular weight excluding hydrogens is 152 g/mol. The fourth-order valence-corrected chi connectivity index (χ4v) is 6.15. The van der Waals surface area contributed by atoms with Gasteiger partial charge in [-0.2, -0.15) is 0 Å². The Labute approximate surface area is 71.2 Å². The van der Waals surface area contributed by atoms with Crippen molar-refractivity contribution < 1.29 is 9.47 Å². The van der Waals surface area contributed by atoms with Gasteiger partial charge in [0.2, 0.25) is 0 Å². The average molecular weight is 164 g/mol. The van der Waals surface area contributed by atoms with Gasteiger partial charge in [0, 0.05) is 49.7 Å². The van der Waals surface area contributed by atoms with Gasteiger partial charge in [-0.15, -0.1) is 0 Å². The quantitative estimate of drug-likeness (QED) is 0.592. The van der Waals surface area contributed by atoms with Gasteiger partial charge < -0.3 is 9.47 Å². The highest BCUT2D eigenvalue weighted by atomic mass is 16.5. The standard InChI is InChI=1S/C10H12O2/c1-11-9-3-6-4(9)8-5(9)7(3)10(6,8)12-2/h3-8H,1-2H3. The predicted octanol–water partition coefficient (Wildman–Crippen LogP) is 0.522. The lowest BCUT2D eigenvalue weighted by atomic mass is 8.97. The van der Waals surface area contributed by atoms with Gasteiger partial charge in [-0.3, -0.25) is 0 Å². The summed E-state index contributed by atoms with van der Waals surface area (Å²) in [5.74, 6) is 5.51. The highest BCUT2D eigenvalue weighted by Gasteiger charge is 3.11. The fraction of sp³-hybridized carbons (Fsp3) is 1.00. The Bertz CT molecular complexity index is 236. The topological polar surface area (TPSA) is 18.5 Å². The zero-order chi connectivity index (χ0) is 7.88. The minimum atomic E-state index is 0.403. The van der Waals surface area contributed by atoms with Crippen LogP contribution in [0.1, 0.15) is 0 Å². The smallest absolute Gasteiger partial charge is 0.0785 e. The Morgan fingerprint density at radius 3 is 1.08 bits per heavy atom. The van der Waals surface area contributed by atoms with Crippen LogP contribution in [0.15, 0.2) is 0 Å². The first-order valence-electron chi connectivity index (χ1n) is 4.96. The number of ether oxygens (including phenoxy) is 2. The van der Waals surface area contributed by atoms with E-state index in [9.17, 15) is 0 Å². The average Bonchev–Trinajstić information content (AvgIpc) is 2.17. The van der Waals surface area contributed by atoms with Gasteiger partial charge in [0.05, 0.1) is 11.2 Å². The Balaban J connectivity index is 1.67. The van der Waals surface area contributed by atoms with Crippen molar-refractivity contribution in [3.8, 4) is 0 Å². The number of rotatable bonds is 2. The third-order valence-electron chi connectivity index (χ3n) is 6.15. The third-order valence-corrected chi connectivity index (χ3v) is 6.15. The van der Waals surface area contributed by atoms with E-state index in [1.165, 1.54) is 0 Å². The molecular formula is C10H12O2.